The van der Waals surface area contributed by atoms with Crippen molar-refractivity contribution < 1.29 is 14.2 Å². The van der Waals surface area contributed by atoms with Crippen molar-refractivity contribution in [1.29, 1.82) is 0 Å². The van der Waals surface area contributed by atoms with Crippen LogP contribution in [-0.4, -0.2) is 26.0 Å². The van der Waals surface area contributed by atoms with E-state index in [4.69, 9.17) is 14.2 Å². The average Bonchev–Trinajstić information content (AvgIpc) is 2.94. The first-order valence-electron chi connectivity index (χ1n) is 7.59. The molecule has 0 saturated carbocycles. The molecule has 112 valence electrons. The van der Waals surface area contributed by atoms with Crippen molar-refractivity contribution in [3.63, 3.8) is 0 Å². The second-order valence-electron chi connectivity index (χ2n) is 5.07. The molecule has 1 aromatic rings. The zero-order valence-corrected chi connectivity index (χ0v) is 12.5. The molecule has 0 aromatic heterocycles. The average molecular weight is 279 g/mol. The zero-order valence-electron chi connectivity index (χ0n) is 12.5. The minimum absolute atomic E-state index is 0.306. The van der Waals surface area contributed by atoms with E-state index in [1.807, 2.05) is 18.2 Å². The summed E-state index contributed by atoms with van der Waals surface area (Å²) in [6.45, 7) is 6.57. The van der Waals surface area contributed by atoms with E-state index in [2.05, 4.69) is 19.2 Å². The van der Waals surface area contributed by atoms with Gasteiger partial charge in [-0.25, -0.2) is 0 Å². The SMILES string of the molecule is CCCNC(CC)CCCOc1ccc2c(c1)OCO2. The van der Waals surface area contributed by atoms with Gasteiger partial charge in [-0.15, -0.1) is 0 Å². The van der Waals surface area contributed by atoms with E-state index in [-0.39, 0.29) is 0 Å². The molecule has 1 atom stereocenters. The normalized spacial score (nSPS) is 14.3. The van der Waals surface area contributed by atoms with Gasteiger partial charge in [0.2, 0.25) is 6.79 Å². The molecule has 0 radical (unpaired) electrons. The van der Waals surface area contributed by atoms with Crippen LogP contribution in [0.15, 0.2) is 18.2 Å². The molecular formula is C16H25NO3. The monoisotopic (exact) mass is 279 g/mol. The first kappa shape index (κ1) is 15.0. The van der Waals surface area contributed by atoms with E-state index >= 15 is 0 Å². The number of fused-ring (bicyclic) bond motifs is 1. The Morgan fingerprint density at radius 1 is 1.25 bits per heavy atom. The van der Waals surface area contributed by atoms with E-state index in [1.54, 1.807) is 0 Å². The summed E-state index contributed by atoms with van der Waals surface area (Å²) in [5.41, 5.74) is 0. The van der Waals surface area contributed by atoms with Crippen molar-refractivity contribution in [3.05, 3.63) is 18.2 Å². The first-order valence-corrected chi connectivity index (χ1v) is 7.59. The Hall–Kier alpha value is -1.42. The van der Waals surface area contributed by atoms with Crippen LogP contribution in [-0.2, 0) is 0 Å². The summed E-state index contributed by atoms with van der Waals surface area (Å²) in [4.78, 5) is 0. The number of hydrogen-bond acceptors (Lipinski definition) is 4. The lowest BCUT2D eigenvalue weighted by atomic mass is 10.1. The van der Waals surface area contributed by atoms with Crippen LogP contribution in [0.4, 0.5) is 0 Å². The van der Waals surface area contributed by atoms with Crippen LogP contribution in [0.5, 0.6) is 17.2 Å². The van der Waals surface area contributed by atoms with Crippen molar-refractivity contribution in [2.24, 2.45) is 0 Å². The molecule has 0 fully saturated rings. The van der Waals surface area contributed by atoms with E-state index in [1.165, 1.54) is 12.8 Å². The predicted octanol–water partition coefficient (Wildman–Crippen LogP) is 3.35. The topological polar surface area (TPSA) is 39.7 Å². The highest BCUT2D eigenvalue weighted by molar-refractivity contribution is 5.46. The van der Waals surface area contributed by atoms with E-state index < -0.39 is 0 Å². The smallest absolute Gasteiger partial charge is 0.231 e. The van der Waals surface area contributed by atoms with E-state index in [0.717, 1.165) is 43.2 Å². The Bertz CT molecular complexity index is 409. The third-order valence-corrected chi connectivity index (χ3v) is 3.49. The molecule has 0 spiro atoms. The summed E-state index contributed by atoms with van der Waals surface area (Å²) < 4.78 is 16.4. The molecule has 1 aliphatic heterocycles. The van der Waals surface area contributed by atoms with Gasteiger partial charge >= 0.3 is 0 Å². The van der Waals surface area contributed by atoms with Crippen molar-refractivity contribution in [2.75, 3.05) is 19.9 Å². The Kier molecular flexibility index (Phi) is 5.99. The van der Waals surface area contributed by atoms with E-state index in [0.29, 0.717) is 12.8 Å². The summed E-state index contributed by atoms with van der Waals surface area (Å²) in [7, 11) is 0. The molecule has 1 aliphatic rings. The molecule has 1 aromatic carbocycles. The molecule has 0 aliphatic carbocycles. The fourth-order valence-electron chi connectivity index (χ4n) is 2.29. The number of rotatable bonds is 9. The largest absolute Gasteiger partial charge is 0.493 e. The second-order valence-corrected chi connectivity index (χ2v) is 5.07. The summed E-state index contributed by atoms with van der Waals surface area (Å²) in [6.07, 6.45) is 4.57. The predicted molar refractivity (Wildman–Crippen MR) is 79.7 cm³/mol. The molecule has 1 heterocycles. The van der Waals surface area contributed by atoms with Gasteiger partial charge in [-0.3, -0.25) is 0 Å². The molecule has 0 saturated heterocycles. The van der Waals surface area contributed by atoms with Crippen LogP contribution < -0.4 is 19.5 Å². The third kappa shape index (κ3) is 4.30. The van der Waals surface area contributed by atoms with Crippen molar-refractivity contribution in [1.82, 2.24) is 5.32 Å². The van der Waals surface area contributed by atoms with Crippen LogP contribution in [0, 0.1) is 0 Å². The number of hydrogen-bond donors (Lipinski definition) is 1. The van der Waals surface area contributed by atoms with E-state index in [9.17, 15) is 0 Å². The van der Waals surface area contributed by atoms with Crippen LogP contribution in [0.2, 0.25) is 0 Å². The maximum atomic E-state index is 5.77. The third-order valence-electron chi connectivity index (χ3n) is 3.49. The summed E-state index contributed by atoms with van der Waals surface area (Å²) in [5, 5.41) is 3.56. The molecule has 0 amide bonds. The van der Waals surface area contributed by atoms with Crippen LogP contribution >= 0.6 is 0 Å². The summed E-state index contributed by atoms with van der Waals surface area (Å²) in [5.74, 6) is 2.43. The highest BCUT2D eigenvalue weighted by Crippen LogP contribution is 2.35. The van der Waals surface area contributed by atoms with Crippen molar-refractivity contribution in [3.8, 4) is 17.2 Å². The van der Waals surface area contributed by atoms with Gasteiger partial charge in [-0.2, -0.15) is 0 Å². The molecule has 4 nitrogen and oxygen atoms in total. The lowest BCUT2D eigenvalue weighted by molar-refractivity contribution is 0.173. The minimum atomic E-state index is 0.306. The summed E-state index contributed by atoms with van der Waals surface area (Å²) in [6, 6.07) is 6.33. The van der Waals surface area contributed by atoms with Gasteiger partial charge in [0, 0.05) is 12.1 Å². The molecular weight excluding hydrogens is 254 g/mol. The maximum absolute atomic E-state index is 5.77. The van der Waals surface area contributed by atoms with Crippen LogP contribution in [0.25, 0.3) is 0 Å². The second kappa shape index (κ2) is 8.00. The van der Waals surface area contributed by atoms with Crippen molar-refractivity contribution in [2.45, 2.75) is 45.6 Å². The van der Waals surface area contributed by atoms with Crippen LogP contribution in [0.3, 0.4) is 0 Å². The standard InChI is InChI=1S/C16H25NO3/c1-3-9-17-13(4-2)6-5-10-18-14-7-8-15-16(11-14)20-12-19-15/h7-8,11,13,17H,3-6,9-10,12H2,1-2H3. The number of nitrogens with one attached hydrogen (secondary N) is 1. The van der Waals surface area contributed by atoms with Gasteiger partial charge in [-0.05, 0) is 44.4 Å². The number of benzene rings is 1. The Labute approximate surface area is 121 Å². The molecule has 20 heavy (non-hydrogen) atoms. The van der Waals surface area contributed by atoms with Gasteiger partial charge in [-0.1, -0.05) is 13.8 Å². The molecule has 0 bridgehead atoms. The number of ether oxygens (including phenoxy) is 3. The van der Waals surface area contributed by atoms with Gasteiger partial charge in [0.1, 0.15) is 5.75 Å². The first-order chi connectivity index (χ1) is 9.83. The Morgan fingerprint density at radius 3 is 2.90 bits per heavy atom. The lowest BCUT2D eigenvalue weighted by Gasteiger charge is -2.16. The quantitative estimate of drug-likeness (QED) is 0.704. The highest BCUT2D eigenvalue weighted by atomic mass is 16.7. The van der Waals surface area contributed by atoms with Gasteiger partial charge < -0.3 is 19.5 Å². The highest BCUT2D eigenvalue weighted by Gasteiger charge is 2.13. The fraction of sp³-hybridized carbons (Fsp3) is 0.625. The van der Waals surface area contributed by atoms with Crippen LogP contribution in [0.1, 0.15) is 39.5 Å². The minimum Gasteiger partial charge on any atom is -0.493 e. The maximum Gasteiger partial charge on any atom is 0.231 e. The van der Waals surface area contributed by atoms with Crippen molar-refractivity contribution >= 4 is 0 Å². The van der Waals surface area contributed by atoms with Gasteiger partial charge in [0.05, 0.1) is 6.61 Å². The summed E-state index contributed by atoms with van der Waals surface area (Å²) >= 11 is 0. The molecule has 2 rings (SSSR count). The molecule has 4 heteroatoms. The lowest BCUT2D eigenvalue weighted by Crippen LogP contribution is -2.29. The van der Waals surface area contributed by atoms with Gasteiger partial charge in [0.15, 0.2) is 11.5 Å². The Balaban J connectivity index is 1.68. The fourth-order valence-corrected chi connectivity index (χ4v) is 2.29. The Morgan fingerprint density at radius 2 is 2.10 bits per heavy atom. The molecule has 1 unspecified atom stereocenters. The van der Waals surface area contributed by atoms with Gasteiger partial charge in [0.25, 0.3) is 0 Å². The molecule has 1 N–H and O–H groups in total. The zero-order chi connectivity index (χ0) is 14.2.